The van der Waals surface area contributed by atoms with Crippen LogP contribution < -0.4 is 10.6 Å². The van der Waals surface area contributed by atoms with Gasteiger partial charge in [-0.15, -0.1) is 0 Å². The average molecular weight is 388 g/mol. The fourth-order valence-electron chi connectivity index (χ4n) is 3.00. The van der Waals surface area contributed by atoms with Gasteiger partial charge in [0.1, 0.15) is 6.04 Å². The van der Waals surface area contributed by atoms with Crippen LogP contribution in [-0.4, -0.2) is 37.8 Å². The second kappa shape index (κ2) is 8.10. The van der Waals surface area contributed by atoms with Crippen LogP contribution in [0.2, 0.25) is 0 Å². The third-order valence-corrected chi connectivity index (χ3v) is 6.57. The maximum atomic E-state index is 12.5. The molecule has 2 aromatic carbocycles. The van der Waals surface area contributed by atoms with Crippen LogP contribution in [0.1, 0.15) is 25.3 Å². The summed E-state index contributed by atoms with van der Waals surface area (Å²) in [5.41, 5.74) is 2.59. The third-order valence-electron chi connectivity index (χ3n) is 4.65. The average Bonchev–Trinajstić information content (AvgIpc) is 3.19. The van der Waals surface area contributed by atoms with Crippen molar-refractivity contribution in [3.05, 3.63) is 54.1 Å². The van der Waals surface area contributed by atoms with E-state index in [1.54, 1.807) is 31.2 Å². The largest absolute Gasteiger partial charge is 0.374 e. The monoisotopic (exact) mass is 387 g/mol. The number of amides is 1. The molecule has 6 nitrogen and oxygen atoms in total. The molecule has 2 N–H and O–H groups in total. The van der Waals surface area contributed by atoms with Gasteiger partial charge in [0.2, 0.25) is 15.9 Å². The number of rotatable bonds is 6. The predicted molar refractivity (Wildman–Crippen MR) is 107 cm³/mol. The van der Waals surface area contributed by atoms with Gasteiger partial charge in [-0.05, 0) is 63.1 Å². The molecule has 3 rings (SSSR count). The maximum Gasteiger partial charge on any atom is 0.246 e. The molecule has 0 bridgehead atoms. The number of hydrogen-bond donors (Lipinski definition) is 2. The molecule has 1 atom stereocenters. The topological polar surface area (TPSA) is 78.5 Å². The minimum Gasteiger partial charge on any atom is -0.374 e. The molecule has 0 unspecified atom stereocenters. The van der Waals surface area contributed by atoms with Crippen LogP contribution in [0.5, 0.6) is 0 Å². The van der Waals surface area contributed by atoms with Crippen LogP contribution in [0.4, 0.5) is 11.4 Å². The highest BCUT2D eigenvalue weighted by Gasteiger charge is 2.27. The molecule has 0 aliphatic carbocycles. The van der Waals surface area contributed by atoms with E-state index in [4.69, 9.17) is 0 Å². The van der Waals surface area contributed by atoms with Crippen molar-refractivity contribution in [1.29, 1.82) is 0 Å². The Morgan fingerprint density at radius 3 is 2.11 bits per heavy atom. The molecule has 144 valence electrons. The Kier molecular flexibility index (Phi) is 5.82. The molecule has 1 saturated heterocycles. The summed E-state index contributed by atoms with van der Waals surface area (Å²) in [6.45, 7) is 4.93. The molecule has 1 amide bonds. The number of hydrogen-bond acceptors (Lipinski definition) is 4. The van der Waals surface area contributed by atoms with Crippen LogP contribution in [0.15, 0.2) is 53.4 Å². The molecule has 0 saturated carbocycles. The lowest BCUT2D eigenvalue weighted by molar-refractivity contribution is -0.116. The van der Waals surface area contributed by atoms with Crippen molar-refractivity contribution in [2.75, 3.05) is 23.7 Å². The normalized spacial score (nSPS) is 16.1. The third kappa shape index (κ3) is 4.67. The van der Waals surface area contributed by atoms with Crippen molar-refractivity contribution in [3.8, 4) is 0 Å². The summed E-state index contributed by atoms with van der Waals surface area (Å²) in [6, 6.07) is 13.7. The number of carbonyl (C=O) groups is 1. The van der Waals surface area contributed by atoms with Crippen LogP contribution >= 0.6 is 0 Å². The SMILES string of the molecule is Cc1ccc(N[C@@H](C)C(=O)Nc2ccc(S(=O)(=O)N3CCCC3)cc2)cc1. The Labute approximate surface area is 160 Å². The van der Waals surface area contributed by atoms with E-state index < -0.39 is 16.1 Å². The second-order valence-electron chi connectivity index (χ2n) is 6.86. The zero-order valence-electron chi connectivity index (χ0n) is 15.6. The first-order chi connectivity index (χ1) is 12.9. The van der Waals surface area contributed by atoms with Gasteiger partial charge in [0.25, 0.3) is 0 Å². The Hall–Kier alpha value is -2.38. The van der Waals surface area contributed by atoms with Crippen molar-refractivity contribution in [3.63, 3.8) is 0 Å². The van der Waals surface area contributed by atoms with Crippen LogP contribution in [0.25, 0.3) is 0 Å². The van der Waals surface area contributed by atoms with Crippen LogP contribution in [0.3, 0.4) is 0 Å². The summed E-state index contributed by atoms with van der Waals surface area (Å²) < 4.78 is 26.6. The Balaban J connectivity index is 1.61. The summed E-state index contributed by atoms with van der Waals surface area (Å²) >= 11 is 0. The van der Waals surface area contributed by atoms with Crippen molar-refractivity contribution < 1.29 is 13.2 Å². The fraction of sp³-hybridized carbons (Fsp3) is 0.350. The van der Waals surface area contributed by atoms with E-state index in [2.05, 4.69) is 10.6 Å². The van der Waals surface area contributed by atoms with E-state index in [9.17, 15) is 13.2 Å². The summed E-state index contributed by atoms with van der Waals surface area (Å²) in [6.07, 6.45) is 1.80. The Morgan fingerprint density at radius 2 is 1.52 bits per heavy atom. The van der Waals surface area contributed by atoms with Crippen molar-refractivity contribution in [1.82, 2.24) is 4.31 Å². The molecule has 0 aromatic heterocycles. The van der Waals surface area contributed by atoms with Crippen molar-refractivity contribution in [2.45, 2.75) is 37.6 Å². The standard InChI is InChI=1S/C20H25N3O3S/c1-15-5-7-17(8-6-15)21-16(2)20(24)22-18-9-11-19(12-10-18)27(25,26)23-13-3-4-14-23/h5-12,16,21H,3-4,13-14H2,1-2H3,(H,22,24)/t16-/m0/s1. The van der Waals surface area contributed by atoms with Crippen LogP contribution in [-0.2, 0) is 14.8 Å². The molecule has 1 fully saturated rings. The minimum atomic E-state index is -3.44. The van der Waals surface area contributed by atoms with Gasteiger partial charge in [-0.2, -0.15) is 4.31 Å². The number of sulfonamides is 1. The molecule has 27 heavy (non-hydrogen) atoms. The summed E-state index contributed by atoms with van der Waals surface area (Å²) in [5, 5.41) is 5.96. The zero-order valence-corrected chi connectivity index (χ0v) is 16.4. The summed E-state index contributed by atoms with van der Waals surface area (Å²) in [5.74, 6) is -0.189. The van der Waals surface area contributed by atoms with E-state index in [0.717, 1.165) is 24.1 Å². The molecule has 1 aliphatic rings. The first kappa shape index (κ1) is 19.4. The number of aryl methyl sites for hydroxylation is 1. The molecular weight excluding hydrogens is 362 g/mol. The van der Waals surface area contributed by atoms with Crippen molar-refractivity contribution in [2.24, 2.45) is 0 Å². The van der Waals surface area contributed by atoms with E-state index in [1.165, 1.54) is 4.31 Å². The highest BCUT2D eigenvalue weighted by atomic mass is 32.2. The van der Waals surface area contributed by atoms with Crippen molar-refractivity contribution >= 4 is 27.3 Å². The Morgan fingerprint density at radius 1 is 0.963 bits per heavy atom. The number of anilines is 2. The number of carbonyl (C=O) groups excluding carboxylic acids is 1. The highest BCUT2D eigenvalue weighted by molar-refractivity contribution is 7.89. The molecule has 0 spiro atoms. The molecule has 0 radical (unpaired) electrons. The smallest absolute Gasteiger partial charge is 0.246 e. The lowest BCUT2D eigenvalue weighted by Crippen LogP contribution is -2.32. The molecule has 1 aliphatic heterocycles. The first-order valence-electron chi connectivity index (χ1n) is 9.10. The van der Waals surface area contributed by atoms with Gasteiger partial charge < -0.3 is 10.6 Å². The van der Waals surface area contributed by atoms with Gasteiger partial charge in [-0.3, -0.25) is 4.79 Å². The van der Waals surface area contributed by atoms with E-state index in [0.29, 0.717) is 18.8 Å². The second-order valence-corrected chi connectivity index (χ2v) is 8.79. The quantitative estimate of drug-likeness (QED) is 0.798. The van der Waals surface area contributed by atoms with Gasteiger partial charge in [0.05, 0.1) is 4.90 Å². The molecular formula is C20H25N3O3S. The van der Waals surface area contributed by atoms with Gasteiger partial charge >= 0.3 is 0 Å². The number of benzene rings is 2. The van der Waals surface area contributed by atoms with Gasteiger partial charge in [0.15, 0.2) is 0 Å². The minimum absolute atomic E-state index is 0.189. The number of nitrogens with zero attached hydrogens (tertiary/aromatic N) is 1. The molecule has 1 heterocycles. The van der Waals surface area contributed by atoms with E-state index in [1.807, 2.05) is 31.2 Å². The van der Waals surface area contributed by atoms with E-state index >= 15 is 0 Å². The van der Waals surface area contributed by atoms with Gasteiger partial charge in [-0.25, -0.2) is 8.42 Å². The highest BCUT2D eigenvalue weighted by Crippen LogP contribution is 2.22. The van der Waals surface area contributed by atoms with Gasteiger partial charge in [-0.1, -0.05) is 17.7 Å². The number of nitrogens with one attached hydrogen (secondary N) is 2. The molecule has 2 aromatic rings. The van der Waals surface area contributed by atoms with E-state index in [-0.39, 0.29) is 10.8 Å². The van der Waals surface area contributed by atoms with Crippen LogP contribution in [0, 0.1) is 6.92 Å². The summed E-state index contributed by atoms with van der Waals surface area (Å²) in [7, 11) is -3.44. The zero-order chi connectivity index (χ0) is 19.4. The predicted octanol–water partition coefficient (Wildman–Crippen LogP) is 3.22. The van der Waals surface area contributed by atoms with Gasteiger partial charge in [0, 0.05) is 24.5 Å². The Bertz CT molecular complexity index is 887. The fourth-order valence-corrected chi connectivity index (χ4v) is 4.52. The lowest BCUT2D eigenvalue weighted by atomic mass is 10.2. The maximum absolute atomic E-state index is 12.5. The summed E-state index contributed by atoms with van der Waals surface area (Å²) in [4.78, 5) is 12.6. The molecule has 7 heteroatoms. The lowest BCUT2D eigenvalue weighted by Gasteiger charge is -2.17. The first-order valence-corrected chi connectivity index (χ1v) is 10.5.